The lowest BCUT2D eigenvalue weighted by atomic mass is 10.0. The molecule has 1 unspecified atom stereocenters. The smallest absolute Gasteiger partial charge is 0.0489 e. The maximum atomic E-state index is 5.91. The highest BCUT2D eigenvalue weighted by atomic mass is 35.5. The summed E-state index contributed by atoms with van der Waals surface area (Å²) in [4.78, 5) is 0. The normalized spacial score (nSPS) is 12.9. The second-order valence-electron chi connectivity index (χ2n) is 5.29. The van der Waals surface area contributed by atoms with E-state index >= 15 is 0 Å². The third-order valence-electron chi connectivity index (χ3n) is 2.99. The fourth-order valence-electron chi connectivity index (χ4n) is 1.96. The van der Waals surface area contributed by atoms with Crippen molar-refractivity contribution < 1.29 is 4.74 Å². The molecule has 0 aromatic heterocycles. The minimum Gasteiger partial charge on any atom is -0.381 e. The van der Waals surface area contributed by atoms with Gasteiger partial charge >= 0.3 is 0 Å². The number of rotatable bonds is 9. The second kappa shape index (κ2) is 9.35. The molecule has 0 bridgehead atoms. The summed E-state index contributed by atoms with van der Waals surface area (Å²) in [6.07, 6.45) is 2.13. The van der Waals surface area contributed by atoms with E-state index in [1.807, 2.05) is 12.1 Å². The van der Waals surface area contributed by atoms with Gasteiger partial charge in [-0.3, -0.25) is 0 Å². The Morgan fingerprint density at radius 2 is 1.89 bits per heavy atom. The molecule has 0 saturated heterocycles. The Kier molecular flexibility index (Phi) is 8.11. The standard InChI is InChI=1S/C16H26ClNO/c1-4-16(14-6-8-15(17)9-7-14)18-10-5-11-19-12-13(2)3/h6-9,13,16,18H,4-5,10-12H2,1-3H3. The Balaban J connectivity index is 2.24. The highest BCUT2D eigenvalue weighted by molar-refractivity contribution is 6.30. The number of ether oxygens (including phenoxy) is 1. The maximum Gasteiger partial charge on any atom is 0.0489 e. The summed E-state index contributed by atoms with van der Waals surface area (Å²) in [7, 11) is 0. The van der Waals surface area contributed by atoms with E-state index in [4.69, 9.17) is 16.3 Å². The lowest BCUT2D eigenvalue weighted by molar-refractivity contribution is 0.107. The Morgan fingerprint density at radius 3 is 2.47 bits per heavy atom. The summed E-state index contributed by atoms with van der Waals surface area (Å²) in [5.41, 5.74) is 1.30. The van der Waals surface area contributed by atoms with Gasteiger partial charge < -0.3 is 10.1 Å². The first-order valence-electron chi connectivity index (χ1n) is 7.20. The summed E-state index contributed by atoms with van der Waals surface area (Å²) in [6, 6.07) is 8.50. The molecule has 0 amide bonds. The fourth-order valence-corrected chi connectivity index (χ4v) is 2.09. The Hall–Kier alpha value is -0.570. The molecule has 1 atom stereocenters. The topological polar surface area (TPSA) is 21.3 Å². The van der Waals surface area contributed by atoms with Crippen LogP contribution in [0.5, 0.6) is 0 Å². The third kappa shape index (κ3) is 6.95. The lowest BCUT2D eigenvalue weighted by Gasteiger charge is -2.17. The van der Waals surface area contributed by atoms with Crippen molar-refractivity contribution in [1.82, 2.24) is 5.32 Å². The van der Waals surface area contributed by atoms with Crippen molar-refractivity contribution in [2.75, 3.05) is 19.8 Å². The molecule has 0 aliphatic carbocycles. The van der Waals surface area contributed by atoms with Crippen molar-refractivity contribution in [3.05, 3.63) is 34.9 Å². The molecule has 0 fully saturated rings. The van der Waals surface area contributed by atoms with E-state index in [9.17, 15) is 0 Å². The van der Waals surface area contributed by atoms with E-state index in [1.165, 1.54) is 5.56 Å². The Labute approximate surface area is 122 Å². The fraction of sp³-hybridized carbons (Fsp3) is 0.625. The van der Waals surface area contributed by atoms with Crippen molar-refractivity contribution in [3.8, 4) is 0 Å². The molecule has 108 valence electrons. The molecule has 0 aliphatic heterocycles. The summed E-state index contributed by atoms with van der Waals surface area (Å²) in [5, 5.41) is 4.36. The quantitative estimate of drug-likeness (QED) is 0.676. The van der Waals surface area contributed by atoms with Crippen molar-refractivity contribution in [2.45, 2.75) is 39.7 Å². The average Bonchev–Trinajstić information content (AvgIpc) is 2.39. The van der Waals surface area contributed by atoms with Crippen LogP contribution >= 0.6 is 11.6 Å². The van der Waals surface area contributed by atoms with Crippen molar-refractivity contribution in [3.63, 3.8) is 0 Å². The van der Waals surface area contributed by atoms with Crippen molar-refractivity contribution >= 4 is 11.6 Å². The van der Waals surface area contributed by atoms with Gasteiger partial charge in [0.2, 0.25) is 0 Å². The van der Waals surface area contributed by atoms with E-state index in [2.05, 4.69) is 38.2 Å². The minimum atomic E-state index is 0.405. The van der Waals surface area contributed by atoms with E-state index in [0.717, 1.165) is 37.6 Å². The molecule has 0 saturated carbocycles. The lowest BCUT2D eigenvalue weighted by Crippen LogP contribution is -2.23. The van der Waals surface area contributed by atoms with Crippen LogP contribution in [0.4, 0.5) is 0 Å². The zero-order valence-electron chi connectivity index (χ0n) is 12.3. The molecule has 1 N–H and O–H groups in total. The molecule has 19 heavy (non-hydrogen) atoms. The molecule has 0 aliphatic rings. The number of nitrogens with one attached hydrogen (secondary N) is 1. The molecule has 1 aromatic rings. The van der Waals surface area contributed by atoms with Crippen molar-refractivity contribution in [1.29, 1.82) is 0 Å². The van der Waals surface area contributed by atoms with E-state index in [1.54, 1.807) is 0 Å². The number of hydrogen-bond donors (Lipinski definition) is 1. The zero-order valence-corrected chi connectivity index (χ0v) is 13.0. The Bertz CT molecular complexity index is 337. The SMILES string of the molecule is CCC(NCCCOCC(C)C)c1ccc(Cl)cc1. The van der Waals surface area contributed by atoms with Crippen LogP contribution in [0.2, 0.25) is 5.02 Å². The number of hydrogen-bond acceptors (Lipinski definition) is 2. The maximum absolute atomic E-state index is 5.91. The number of benzene rings is 1. The summed E-state index contributed by atoms with van der Waals surface area (Å²) >= 11 is 5.91. The Morgan fingerprint density at radius 1 is 1.21 bits per heavy atom. The van der Waals surface area contributed by atoms with Gasteiger partial charge in [-0.15, -0.1) is 0 Å². The molecule has 1 rings (SSSR count). The monoisotopic (exact) mass is 283 g/mol. The first-order chi connectivity index (χ1) is 9.13. The predicted molar refractivity (Wildman–Crippen MR) is 82.8 cm³/mol. The van der Waals surface area contributed by atoms with Crippen molar-refractivity contribution in [2.24, 2.45) is 5.92 Å². The largest absolute Gasteiger partial charge is 0.381 e. The highest BCUT2D eigenvalue weighted by Crippen LogP contribution is 2.18. The van der Waals surface area contributed by atoms with Crippen LogP contribution in [0.25, 0.3) is 0 Å². The van der Waals surface area contributed by atoms with Crippen LogP contribution < -0.4 is 5.32 Å². The van der Waals surface area contributed by atoms with E-state index in [0.29, 0.717) is 12.0 Å². The minimum absolute atomic E-state index is 0.405. The molecular weight excluding hydrogens is 258 g/mol. The van der Waals surface area contributed by atoms with Crippen LogP contribution in [0.3, 0.4) is 0 Å². The molecule has 0 spiro atoms. The molecule has 0 radical (unpaired) electrons. The van der Waals surface area contributed by atoms with Gasteiger partial charge in [0.15, 0.2) is 0 Å². The van der Waals surface area contributed by atoms with Gasteiger partial charge in [0.1, 0.15) is 0 Å². The van der Waals surface area contributed by atoms with Crippen LogP contribution in [0, 0.1) is 5.92 Å². The van der Waals surface area contributed by atoms with Gasteiger partial charge in [-0.05, 0) is 43.0 Å². The summed E-state index contributed by atoms with van der Waals surface area (Å²) < 4.78 is 5.57. The molecule has 0 heterocycles. The van der Waals surface area contributed by atoms with Crippen LogP contribution in [0.1, 0.15) is 45.2 Å². The molecular formula is C16H26ClNO. The first-order valence-corrected chi connectivity index (χ1v) is 7.57. The third-order valence-corrected chi connectivity index (χ3v) is 3.24. The van der Waals surface area contributed by atoms with Gasteiger partial charge in [0, 0.05) is 24.3 Å². The average molecular weight is 284 g/mol. The first kappa shape index (κ1) is 16.5. The number of halogens is 1. The van der Waals surface area contributed by atoms with Gasteiger partial charge in [-0.2, -0.15) is 0 Å². The summed E-state index contributed by atoms with van der Waals surface area (Å²) in [5.74, 6) is 0.616. The van der Waals surface area contributed by atoms with Crippen LogP contribution in [-0.4, -0.2) is 19.8 Å². The van der Waals surface area contributed by atoms with Gasteiger partial charge in [0.05, 0.1) is 0 Å². The van der Waals surface area contributed by atoms with Crippen LogP contribution in [-0.2, 0) is 4.74 Å². The second-order valence-corrected chi connectivity index (χ2v) is 5.73. The molecule has 1 aromatic carbocycles. The molecule has 2 nitrogen and oxygen atoms in total. The predicted octanol–water partition coefficient (Wildman–Crippen LogP) is 4.44. The highest BCUT2D eigenvalue weighted by Gasteiger charge is 2.07. The van der Waals surface area contributed by atoms with E-state index < -0.39 is 0 Å². The zero-order chi connectivity index (χ0) is 14.1. The van der Waals surface area contributed by atoms with Gasteiger partial charge in [-0.25, -0.2) is 0 Å². The molecule has 3 heteroatoms. The van der Waals surface area contributed by atoms with Crippen LogP contribution in [0.15, 0.2) is 24.3 Å². The van der Waals surface area contributed by atoms with Gasteiger partial charge in [-0.1, -0.05) is 44.5 Å². The van der Waals surface area contributed by atoms with Gasteiger partial charge in [0.25, 0.3) is 0 Å². The van der Waals surface area contributed by atoms with E-state index in [-0.39, 0.29) is 0 Å². The summed E-state index contributed by atoms with van der Waals surface area (Å²) in [6.45, 7) is 9.22.